The van der Waals surface area contributed by atoms with Gasteiger partial charge in [0.2, 0.25) is 5.88 Å². The number of rotatable bonds is 5. The van der Waals surface area contributed by atoms with E-state index < -0.39 is 5.97 Å². The number of aromatic carboxylic acids is 1. The lowest BCUT2D eigenvalue weighted by Gasteiger charge is -2.09. The van der Waals surface area contributed by atoms with Crippen LogP contribution in [0.1, 0.15) is 10.4 Å². The highest BCUT2D eigenvalue weighted by molar-refractivity contribution is 5.87. The van der Waals surface area contributed by atoms with Crippen molar-refractivity contribution >= 4 is 5.97 Å². The van der Waals surface area contributed by atoms with Gasteiger partial charge in [-0.2, -0.15) is 0 Å². The number of aromatic nitrogens is 1. The van der Waals surface area contributed by atoms with Crippen LogP contribution in [-0.4, -0.2) is 48.2 Å². The monoisotopic (exact) mass is 209 g/mol. The van der Waals surface area contributed by atoms with E-state index in [2.05, 4.69) is 11.1 Å². The third-order valence-corrected chi connectivity index (χ3v) is 1.70. The average molecular weight is 209 g/mol. The maximum atomic E-state index is 10.5. The van der Waals surface area contributed by atoms with E-state index in [-0.39, 0.29) is 5.56 Å². The number of likely N-dealkylation sites (N-methyl/N-ethyl adjacent to an activating group) is 1. The van der Waals surface area contributed by atoms with E-state index in [0.717, 1.165) is 6.54 Å². The minimum Gasteiger partial charge on any atom is -0.478 e. The molecule has 0 unspecified atom stereocenters. The SMILES string of the molecule is CN(C)CCOc1[c]cc(C(=O)O)cn1. The molecule has 1 rings (SSSR count). The largest absolute Gasteiger partial charge is 0.478 e. The molecule has 0 aromatic carbocycles. The zero-order valence-corrected chi connectivity index (χ0v) is 8.73. The highest BCUT2D eigenvalue weighted by atomic mass is 16.5. The third-order valence-electron chi connectivity index (χ3n) is 1.70. The molecule has 0 aliphatic carbocycles. The Morgan fingerprint density at radius 1 is 1.67 bits per heavy atom. The van der Waals surface area contributed by atoms with Crippen molar-refractivity contribution in [3.8, 4) is 5.88 Å². The Balaban J connectivity index is 2.46. The van der Waals surface area contributed by atoms with Crippen LogP contribution in [0.3, 0.4) is 0 Å². The molecule has 0 spiro atoms. The van der Waals surface area contributed by atoms with Crippen LogP contribution in [0.5, 0.6) is 5.88 Å². The van der Waals surface area contributed by atoms with E-state index in [0.29, 0.717) is 12.5 Å². The molecule has 0 atom stereocenters. The summed E-state index contributed by atoms with van der Waals surface area (Å²) in [5, 5.41) is 8.62. The van der Waals surface area contributed by atoms with Crippen molar-refractivity contribution in [1.82, 2.24) is 9.88 Å². The molecule has 5 heteroatoms. The maximum Gasteiger partial charge on any atom is 0.337 e. The van der Waals surface area contributed by atoms with Crippen molar-refractivity contribution < 1.29 is 14.6 Å². The lowest BCUT2D eigenvalue weighted by Crippen LogP contribution is -2.19. The summed E-state index contributed by atoms with van der Waals surface area (Å²) in [6, 6.07) is 4.01. The molecule has 0 amide bonds. The Kier molecular flexibility index (Phi) is 4.05. The number of carboxylic acid groups (broad SMARTS) is 1. The van der Waals surface area contributed by atoms with Crippen LogP contribution in [0.2, 0.25) is 0 Å². The van der Waals surface area contributed by atoms with Crippen LogP contribution < -0.4 is 4.74 Å². The van der Waals surface area contributed by atoms with Crippen molar-refractivity contribution in [2.45, 2.75) is 0 Å². The number of carboxylic acids is 1. The van der Waals surface area contributed by atoms with Gasteiger partial charge >= 0.3 is 5.97 Å². The van der Waals surface area contributed by atoms with Crippen LogP contribution >= 0.6 is 0 Å². The van der Waals surface area contributed by atoms with Crippen molar-refractivity contribution in [1.29, 1.82) is 0 Å². The Morgan fingerprint density at radius 3 is 2.87 bits per heavy atom. The van der Waals surface area contributed by atoms with Crippen LogP contribution in [-0.2, 0) is 0 Å². The third kappa shape index (κ3) is 3.95. The number of nitrogens with zero attached hydrogens (tertiary/aromatic N) is 2. The average Bonchev–Trinajstić information content (AvgIpc) is 2.18. The topological polar surface area (TPSA) is 62.7 Å². The number of carbonyl (C=O) groups is 1. The molecule has 1 aromatic rings. The molecule has 1 heterocycles. The fraction of sp³-hybridized carbons (Fsp3) is 0.400. The number of hydrogen-bond donors (Lipinski definition) is 1. The zero-order valence-electron chi connectivity index (χ0n) is 8.73. The molecule has 0 saturated heterocycles. The van der Waals surface area contributed by atoms with Crippen molar-refractivity contribution in [3.05, 3.63) is 23.9 Å². The first-order chi connectivity index (χ1) is 7.09. The minimum atomic E-state index is -1.02. The second-order valence-electron chi connectivity index (χ2n) is 3.26. The van der Waals surface area contributed by atoms with Gasteiger partial charge in [0.15, 0.2) is 0 Å². The second kappa shape index (κ2) is 5.31. The summed E-state index contributed by atoms with van der Waals surface area (Å²) >= 11 is 0. The van der Waals surface area contributed by atoms with Gasteiger partial charge in [-0.3, -0.25) is 0 Å². The van der Waals surface area contributed by atoms with Crippen molar-refractivity contribution in [2.24, 2.45) is 0 Å². The molecule has 5 nitrogen and oxygen atoms in total. The molecule has 0 fully saturated rings. The molecule has 0 bridgehead atoms. The van der Waals surface area contributed by atoms with Crippen LogP contribution in [0.25, 0.3) is 0 Å². The van der Waals surface area contributed by atoms with Crippen LogP contribution in [0, 0.1) is 6.07 Å². The highest BCUT2D eigenvalue weighted by Crippen LogP contribution is 2.06. The summed E-state index contributed by atoms with van der Waals surface area (Å²) in [6.45, 7) is 1.28. The predicted octanol–water partition coefficient (Wildman–Crippen LogP) is 0.520. The van der Waals surface area contributed by atoms with Gasteiger partial charge in [0.05, 0.1) is 11.6 Å². The minimum absolute atomic E-state index is 0.106. The summed E-state index contributed by atoms with van der Waals surface area (Å²) < 4.78 is 5.25. The first kappa shape index (κ1) is 11.5. The fourth-order valence-corrected chi connectivity index (χ4v) is 0.863. The summed E-state index contributed by atoms with van der Waals surface area (Å²) in [7, 11) is 3.88. The molecule has 0 aliphatic heterocycles. The standard InChI is InChI=1S/C10H13N2O3/c1-12(2)5-6-15-9-4-3-8(7-11-9)10(13)14/h3,7H,5-6H2,1-2H3,(H,13,14). The Morgan fingerprint density at radius 2 is 2.40 bits per heavy atom. The Labute approximate surface area is 88.3 Å². The summed E-state index contributed by atoms with van der Waals surface area (Å²) in [4.78, 5) is 16.3. The number of pyridine rings is 1. The van der Waals surface area contributed by atoms with Gasteiger partial charge in [-0.1, -0.05) is 0 Å². The van der Waals surface area contributed by atoms with Crippen molar-refractivity contribution in [2.75, 3.05) is 27.2 Å². The van der Waals surface area contributed by atoms with Crippen LogP contribution in [0.4, 0.5) is 0 Å². The molecule has 0 aliphatic rings. The summed E-state index contributed by atoms with van der Waals surface area (Å²) in [5.74, 6) is -0.694. The normalized spacial score (nSPS) is 10.3. The van der Waals surface area contributed by atoms with Gasteiger partial charge in [-0.25, -0.2) is 9.78 Å². The Bertz CT molecular complexity index is 322. The van der Waals surface area contributed by atoms with E-state index in [4.69, 9.17) is 9.84 Å². The Hall–Kier alpha value is -1.62. The first-order valence-electron chi connectivity index (χ1n) is 4.48. The second-order valence-corrected chi connectivity index (χ2v) is 3.26. The van der Waals surface area contributed by atoms with Gasteiger partial charge in [0.25, 0.3) is 0 Å². The maximum absolute atomic E-state index is 10.5. The van der Waals surface area contributed by atoms with E-state index in [1.807, 2.05) is 19.0 Å². The molecule has 1 radical (unpaired) electrons. The number of hydrogen-bond acceptors (Lipinski definition) is 4. The van der Waals surface area contributed by atoms with E-state index in [1.165, 1.54) is 12.3 Å². The van der Waals surface area contributed by atoms with E-state index in [1.54, 1.807) is 0 Å². The number of ether oxygens (including phenoxy) is 1. The van der Waals surface area contributed by atoms with E-state index >= 15 is 0 Å². The zero-order chi connectivity index (χ0) is 11.3. The molecule has 81 valence electrons. The van der Waals surface area contributed by atoms with Gasteiger partial charge in [0, 0.05) is 12.7 Å². The lowest BCUT2D eigenvalue weighted by atomic mass is 10.3. The van der Waals surface area contributed by atoms with Crippen LogP contribution in [0.15, 0.2) is 12.3 Å². The first-order valence-corrected chi connectivity index (χ1v) is 4.48. The van der Waals surface area contributed by atoms with Crippen molar-refractivity contribution in [3.63, 3.8) is 0 Å². The summed E-state index contributed by atoms with van der Waals surface area (Å²) in [5.41, 5.74) is 0.106. The van der Waals surface area contributed by atoms with Gasteiger partial charge < -0.3 is 14.7 Å². The highest BCUT2D eigenvalue weighted by Gasteiger charge is 2.03. The van der Waals surface area contributed by atoms with E-state index in [9.17, 15) is 4.79 Å². The summed E-state index contributed by atoms with van der Waals surface area (Å²) in [6.07, 6.45) is 1.25. The fourth-order valence-electron chi connectivity index (χ4n) is 0.863. The van der Waals surface area contributed by atoms with Gasteiger partial charge in [-0.05, 0) is 20.2 Å². The molecule has 1 N–H and O–H groups in total. The molecule has 0 saturated carbocycles. The predicted molar refractivity (Wildman–Crippen MR) is 54.1 cm³/mol. The molecular formula is C10H13N2O3. The van der Waals surface area contributed by atoms with Gasteiger partial charge in [0.1, 0.15) is 6.61 Å². The molecule has 1 aromatic heterocycles. The molecule has 15 heavy (non-hydrogen) atoms. The quantitative estimate of drug-likeness (QED) is 0.766. The van der Waals surface area contributed by atoms with Gasteiger partial charge in [-0.15, -0.1) is 0 Å². The lowest BCUT2D eigenvalue weighted by molar-refractivity contribution is 0.0696. The molecular weight excluding hydrogens is 196 g/mol. The smallest absolute Gasteiger partial charge is 0.337 e.